The number of rotatable bonds is 6. The number of aromatic nitrogens is 3. The second-order valence-corrected chi connectivity index (χ2v) is 9.12. The molecule has 8 nitrogen and oxygen atoms in total. The molecule has 1 atom stereocenters. The summed E-state index contributed by atoms with van der Waals surface area (Å²) in [5, 5.41) is 16.4. The average Bonchev–Trinajstić information content (AvgIpc) is 3.58. The van der Waals surface area contributed by atoms with Gasteiger partial charge in [0.1, 0.15) is 22.0 Å². The predicted molar refractivity (Wildman–Crippen MR) is 130 cm³/mol. The Hall–Kier alpha value is -3.85. The van der Waals surface area contributed by atoms with Crippen LogP contribution < -0.4 is 10.2 Å². The highest BCUT2D eigenvalue weighted by Gasteiger charge is 2.35. The molecule has 9 heteroatoms. The number of carbonyl (C=O) groups is 2. The molecule has 2 aromatic carbocycles. The summed E-state index contributed by atoms with van der Waals surface area (Å²) in [6.45, 7) is 4.32. The molecule has 2 aromatic heterocycles. The molecule has 1 N–H and O–H groups in total. The Morgan fingerprint density at radius 1 is 1.15 bits per heavy atom. The lowest BCUT2D eigenvalue weighted by Gasteiger charge is -2.19. The maximum Gasteiger partial charge on any atom is 0.263 e. The van der Waals surface area contributed by atoms with Gasteiger partial charge in [0.25, 0.3) is 5.91 Å². The summed E-state index contributed by atoms with van der Waals surface area (Å²) >= 11 is 1.29. The summed E-state index contributed by atoms with van der Waals surface area (Å²) in [6, 6.07) is 17.4. The summed E-state index contributed by atoms with van der Waals surface area (Å²) in [7, 11) is 0. The van der Waals surface area contributed by atoms with Crippen LogP contribution in [0.4, 0.5) is 10.8 Å². The number of nitrogens with zero attached hydrogens (tertiary/aromatic N) is 4. The van der Waals surface area contributed by atoms with Crippen LogP contribution in [0.25, 0.3) is 11.3 Å². The molecule has 172 valence electrons. The highest BCUT2D eigenvalue weighted by Crippen LogP contribution is 2.36. The summed E-state index contributed by atoms with van der Waals surface area (Å²) in [4.78, 5) is 27.6. The van der Waals surface area contributed by atoms with Gasteiger partial charge in [-0.05, 0) is 25.0 Å². The monoisotopic (exact) mass is 473 g/mol. The normalized spacial score (nSPS) is 15.6. The van der Waals surface area contributed by atoms with Crippen LogP contribution in [-0.2, 0) is 11.2 Å². The third-order valence-corrected chi connectivity index (χ3v) is 6.94. The van der Waals surface area contributed by atoms with Crippen LogP contribution in [0, 0.1) is 6.92 Å². The molecule has 3 heterocycles. The van der Waals surface area contributed by atoms with E-state index in [2.05, 4.69) is 27.6 Å². The predicted octanol–water partition coefficient (Wildman–Crippen LogP) is 4.84. The van der Waals surface area contributed by atoms with Gasteiger partial charge in [0, 0.05) is 30.1 Å². The number of amides is 2. The number of carbonyl (C=O) groups excluding carboxylic acids is 2. The van der Waals surface area contributed by atoms with Gasteiger partial charge >= 0.3 is 0 Å². The largest absolute Gasteiger partial charge is 0.360 e. The van der Waals surface area contributed by atoms with E-state index in [1.807, 2.05) is 59.5 Å². The minimum atomic E-state index is -0.360. The van der Waals surface area contributed by atoms with Crippen molar-refractivity contribution < 1.29 is 14.1 Å². The highest BCUT2D eigenvalue weighted by atomic mass is 32.1. The minimum Gasteiger partial charge on any atom is -0.360 e. The first-order valence-electron chi connectivity index (χ1n) is 11.1. The van der Waals surface area contributed by atoms with Gasteiger partial charge in [-0.1, -0.05) is 71.9 Å². The summed E-state index contributed by atoms with van der Waals surface area (Å²) in [5.74, 6) is 0.0612. The number of para-hydroxylation sites is 1. The number of hydrogen-bond donors (Lipinski definition) is 1. The van der Waals surface area contributed by atoms with E-state index in [-0.39, 0.29) is 17.7 Å². The molecule has 1 saturated heterocycles. The van der Waals surface area contributed by atoms with E-state index >= 15 is 0 Å². The van der Waals surface area contributed by atoms with Crippen LogP contribution in [0.2, 0.25) is 0 Å². The lowest BCUT2D eigenvalue weighted by Crippen LogP contribution is -2.25. The average molecular weight is 474 g/mol. The fourth-order valence-corrected chi connectivity index (χ4v) is 5.05. The first-order chi connectivity index (χ1) is 16.5. The van der Waals surface area contributed by atoms with Crippen molar-refractivity contribution in [2.45, 2.75) is 32.6 Å². The minimum absolute atomic E-state index is 0.0688. The van der Waals surface area contributed by atoms with Crippen LogP contribution in [0.1, 0.15) is 46.0 Å². The summed E-state index contributed by atoms with van der Waals surface area (Å²) in [5.41, 5.74) is 3.72. The van der Waals surface area contributed by atoms with Crippen molar-refractivity contribution in [2.24, 2.45) is 0 Å². The third kappa shape index (κ3) is 4.10. The number of aryl methyl sites for hydroxylation is 2. The first-order valence-corrected chi connectivity index (χ1v) is 11.9. The van der Waals surface area contributed by atoms with Crippen LogP contribution in [0.15, 0.2) is 59.1 Å². The molecule has 1 aliphatic heterocycles. The molecule has 1 aliphatic rings. The van der Waals surface area contributed by atoms with Gasteiger partial charge in [0.2, 0.25) is 11.0 Å². The Balaban J connectivity index is 1.32. The maximum absolute atomic E-state index is 13.0. The van der Waals surface area contributed by atoms with Gasteiger partial charge in [-0.15, -0.1) is 10.2 Å². The zero-order chi connectivity index (χ0) is 23.7. The van der Waals surface area contributed by atoms with E-state index < -0.39 is 0 Å². The van der Waals surface area contributed by atoms with Crippen molar-refractivity contribution in [3.63, 3.8) is 0 Å². The molecule has 2 amide bonds. The molecule has 1 fully saturated rings. The number of anilines is 2. The van der Waals surface area contributed by atoms with Crippen LogP contribution in [-0.4, -0.2) is 33.7 Å². The second-order valence-electron chi connectivity index (χ2n) is 8.12. The zero-order valence-corrected chi connectivity index (χ0v) is 19.6. The Labute approximate surface area is 200 Å². The molecule has 0 bridgehead atoms. The van der Waals surface area contributed by atoms with Crippen LogP contribution in [0.3, 0.4) is 0 Å². The molecule has 0 unspecified atom stereocenters. The lowest BCUT2D eigenvalue weighted by atomic mass is 10.1. The van der Waals surface area contributed by atoms with Crippen molar-refractivity contribution >= 4 is 34.0 Å². The van der Waals surface area contributed by atoms with Crippen molar-refractivity contribution in [1.29, 1.82) is 0 Å². The van der Waals surface area contributed by atoms with E-state index in [1.54, 1.807) is 6.92 Å². The van der Waals surface area contributed by atoms with Gasteiger partial charge < -0.3 is 9.42 Å². The lowest BCUT2D eigenvalue weighted by molar-refractivity contribution is -0.117. The second kappa shape index (κ2) is 9.18. The molecule has 4 aromatic rings. The smallest absolute Gasteiger partial charge is 0.263 e. The number of benzene rings is 2. The van der Waals surface area contributed by atoms with E-state index in [9.17, 15) is 9.59 Å². The molecule has 0 radical (unpaired) electrons. The Morgan fingerprint density at radius 2 is 1.91 bits per heavy atom. The topological polar surface area (TPSA) is 101 Å². The van der Waals surface area contributed by atoms with Gasteiger partial charge in [-0.25, -0.2) is 0 Å². The molecule has 5 rings (SSSR count). The highest BCUT2D eigenvalue weighted by molar-refractivity contribution is 7.15. The quantitative estimate of drug-likeness (QED) is 0.430. The van der Waals surface area contributed by atoms with Crippen molar-refractivity contribution in [3.8, 4) is 11.3 Å². The Morgan fingerprint density at radius 3 is 2.71 bits per heavy atom. The van der Waals surface area contributed by atoms with Gasteiger partial charge in [-0.3, -0.25) is 14.9 Å². The SMILES string of the molecule is CCc1ccccc1N1C[C@H](c2nnc(NC(=O)c3c(-c4ccccc4)noc3C)s2)CC1=O. The molecule has 0 saturated carbocycles. The van der Waals surface area contributed by atoms with Crippen molar-refractivity contribution in [2.75, 3.05) is 16.8 Å². The zero-order valence-electron chi connectivity index (χ0n) is 18.8. The summed E-state index contributed by atoms with van der Waals surface area (Å²) < 4.78 is 5.29. The van der Waals surface area contributed by atoms with Crippen molar-refractivity contribution in [3.05, 3.63) is 76.5 Å². The van der Waals surface area contributed by atoms with Gasteiger partial charge in [-0.2, -0.15) is 0 Å². The van der Waals surface area contributed by atoms with Crippen molar-refractivity contribution in [1.82, 2.24) is 15.4 Å². The molecule has 0 aliphatic carbocycles. The molecular weight excluding hydrogens is 450 g/mol. The Kier molecular flexibility index (Phi) is 5.93. The first kappa shape index (κ1) is 22.0. The number of nitrogens with one attached hydrogen (secondary N) is 1. The molecular formula is C25H23N5O3S. The van der Waals surface area contributed by atoms with Gasteiger partial charge in [0.05, 0.1) is 0 Å². The molecule has 34 heavy (non-hydrogen) atoms. The van der Waals surface area contributed by atoms with Crippen LogP contribution >= 0.6 is 11.3 Å². The number of hydrogen-bond acceptors (Lipinski definition) is 7. The third-order valence-electron chi connectivity index (χ3n) is 5.94. The maximum atomic E-state index is 13.0. The molecule has 0 spiro atoms. The van der Waals surface area contributed by atoms with Crippen LogP contribution in [0.5, 0.6) is 0 Å². The Bertz CT molecular complexity index is 1350. The fourth-order valence-electron chi connectivity index (χ4n) is 4.22. The van der Waals surface area contributed by atoms with E-state index in [1.165, 1.54) is 11.3 Å². The van der Waals surface area contributed by atoms with Gasteiger partial charge in [0.15, 0.2) is 0 Å². The summed E-state index contributed by atoms with van der Waals surface area (Å²) in [6.07, 6.45) is 1.22. The fraction of sp³-hybridized carbons (Fsp3) is 0.240. The standard InChI is InChI=1S/C25H23N5O3S/c1-3-16-9-7-8-12-19(16)30-14-18(13-20(30)31)24-27-28-25(34-24)26-23(32)21-15(2)33-29-22(21)17-10-5-4-6-11-17/h4-12,18H,3,13-14H2,1-2H3,(H,26,28,32)/t18-/m1/s1. The van der Waals surface area contributed by atoms with E-state index in [0.29, 0.717) is 35.1 Å². The van der Waals surface area contributed by atoms with E-state index in [0.717, 1.165) is 28.2 Å². The van der Waals surface area contributed by atoms with E-state index in [4.69, 9.17) is 4.52 Å².